The van der Waals surface area contributed by atoms with Gasteiger partial charge in [-0.05, 0) is 22.6 Å². The van der Waals surface area contributed by atoms with Crippen molar-refractivity contribution in [3.05, 3.63) is 26.6 Å². The molecular weight excluding hydrogens is 333 g/mol. The quantitative estimate of drug-likeness (QED) is 0.518. The van der Waals surface area contributed by atoms with E-state index in [0.717, 1.165) is 13.3 Å². The van der Waals surface area contributed by atoms with Crippen molar-refractivity contribution in [3.8, 4) is 0 Å². The largest absolute Gasteiger partial charge is 0.465 e. The highest BCUT2D eigenvalue weighted by Gasteiger charge is 2.24. The van der Waals surface area contributed by atoms with Crippen molar-refractivity contribution in [1.82, 2.24) is 4.98 Å². The molecule has 1 aromatic rings. The van der Waals surface area contributed by atoms with Gasteiger partial charge in [-0.1, -0.05) is 0 Å². The maximum absolute atomic E-state index is 12.7. The molecule has 88 valence electrons. The minimum atomic E-state index is -2.79. The Hall–Kier alpha value is -0.830. The van der Waals surface area contributed by atoms with Gasteiger partial charge in [0, 0.05) is 18.3 Å². The second kappa shape index (κ2) is 5.48. The molecule has 0 saturated heterocycles. The van der Waals surface area contributed by atoms with Gasteiger partial charge in [-0.3, -0.25) is 0 Å². The Morgan fingerprint density at radius 2 is 2.31 bits per heavy atom. The lowest BCUT2D eigenvalue weighted by atomic mass is 10.0. The summed E-state index contributed by atoms with van der Waals surface area (Å²) in [7, 11) is 1.13. The van der Waals surface area contributed by atoms with Gasteiger partial charge in [-0.25, -0.2) is 18.6 Å². The molecule has 0 atom stereocenters. The number of rotatable bonds is 3. The van der Waals surface area contributed by atoms with Gasteiger partial charge in [0.15, 0.2) is 0 Å². The summed E-state index contributed by atoms with van der Waals surface area (Å²) in [6, 6.07) is 0. The van der Waals surface area contributed by atoms with Crippen LogP contribution in [0.2, 0.25) is 0 Å². The van der Waals surface area contributed by atoms with Crippen LogP contribution in [0.15, 0.2) is 6.20 Å². The molecule has 0 unspecified atom stereocenters. The second-order valence-electron chi connectivity index (χ2n) is 2.85. The number of hydrogen-bond donors (Lipinski definition) is 1. The number of ether oxygens (including phenoxy) is 1. The van der Waals surface area contributed by atoms with Crippen LogP contribution in [0.1, 0.15) is 27.9 Å². The van der Waals surface area contributed by atoms with E-state index >= 15 is 0 Å². The summed E-state index contributed by atoms with van der Waals surface area (Å²) in [6.45, 7) is -0.0454. The minimum absolute atomic E-state index is 0.0454. The molecule has 0 fully saturated rings. The van der Waals surface area contributed by atoms with Gasteiger partial charge < -0.3 is 10.5 Å². The Labute approximate surface area is 104 Å². The van der Waals surface area contributed by atoms with Crippen molar-refractivity contribution in [2.45, 2.75) is 13.0 Å². The minimum Gasteiger partial charge on any atom is -0.465 e. The molecule has 0 saturated carbocycles. The van der Waals surface area contributed by atoms with Gasteiger partial charge >= 0.3 is 5.97 Å². The van der Waals surface area contributed by atoms with Crippen molar-refractivity contribution in [3.63, 3.8) is 0 Å². The van der Waals surface area contributed by atoms with Gasteiger partial charge in [-0.2, -0.15) is 0 Å². The summed E-state index contributed by atoms with van der Waals surface area (Å²) in [4.78, 5) is 15.2. The number of esters is 1. The number of methoxy groups -OCH3 is 1. The number of nitrogens with two attached hydrogens (primary N) is 1. The lowest BCUT2D eigenvalue weighted by Gasteiger charge is -2.12. The van der Waals surface area contributed by atoms with Gasteiger partial charge in [0.2, 0.25) is 0 Å². The van der Waals surface area contributed by atoms with E-state index in [4.69, 9.17) is 5.73 Å². The maximum Gasteiger partial charge on any atom is 0.338 e. The molecule has 0 spiro atoms. The van der Waals surface area contributed by atoms with E-state index in [1.807, 2.05) is 22.6 Å². The molecular formula is C9H9F2IN2O2. The number of aromatic nitrogens is 1. The molecule has 0 aromatic carbocycles. The fourth-order valence-corrected chi connectivity index (χ4v) is 1.87. The lowest BCUT2D eigenvalue weighted by molar-refractivity contribution is 0.0587. The van der Waals surface area contributed by atoms with Crippen molar-refractivity contribution >= 4 is 28.6 Å². The summed E-state index contributed by atoms with van der Waals surface area (Å²) < 4.78 is 30.2. The number of halogens is 3. The zero-order valence-electron chi connectivity index (χ0n) is 8.34. The van der Waals surface area contributed by atoms with Crippen LogP contribution in [0.25, 0.3) is 0 Å². The molecule has 2 N–H and O–H groups in total. The normalized spacial score (nSPS) is 10.6. The van der Waals surface area contributed by atoms with Crippen LogP contribution >= 0.6 is 22.6 Å². The third kappa shape index (κ3) is 2.46. The third-order valence-electron chi connectivity index (χ3n) is 1.99. The Morgan fingerprint density at radius 3 is 2.75 bits per heavy atom. The highest BCUT2D eigenvalue weighted by atomic mass is 127. The topological polar surface area (TPSA) is 65.2 Å². The molecule has 1 rings (SSSR count). The Kier molecular flexibility index (Phi) is 4.54. The van der Waals surface area contributed by atoms with Gasteiger partial charge in [0.1, 0.15) is 3.70 Å². The molecule has 16 heavy (non-hydrogen) atoms. The van der Waals surface area contributed by atoms with Crippen LogP contribution in [-0.2, 0) is 11.3 Å². The van der Waals surface area contributed by atoms with Crippen LogP contribution in [-0.4, -0.2) is 18.1 Å². The fourth-order valence-electron chi connectivity index (χ4n) is 1.24. The first-order chi connectivity index (χ1) is 7.52. The van der Waals surface area contributed by atoms with Crippen LogP contribution in [0.4, 0.5) is 8.78 Å². The molecule has 1 heterocycles. The van der Waals surface area contributed by atoms with Crippen molar-refractivity contribution < 1.29 is 18.3 Å². The summed E-state index contributed by atoms with van der Waals surface area (Å²) in [5, 5.41) is 0. The van der Waals surface area contributed by atoms with E-state index in [0.29, 0.717) is 3.70 Å². The van der Waals surface area contributed by atoms with Crippen molar-refractivity contribution in [2.75, 3.05) is 7.11 Å². The first kappa shape index (κ1) is 13.2. The number of carbonyl (C=O) groups is 1. The van der Waals surface area contributed by atoms with E-state index in [9.17, 15) is 13.6 Å². The number of carbonyl (C=O) groups excluding carboxylic acids is 1. The molecule has 0 bridgehead atoms. The average molecular weight is 342 g/mol. The summed E-state index contributed by atoms with van der Waals surface area (Å²) in [5.74, 6) is -0.823. The summed E-state index contributed by atoms with van der Waals surface area (Å²) in [5.41, 5.74) is 5.07. The molecule has 0 amide bonds. The number of hydrogen-bond acceptors (Lipinski definition) is 4. The SMILES string of the molecule is COC(=O)c1c(C(F)F)cnc(I)c1CN. The monoisotopic (exact) mass is 342 g/mol. The number of pyridine rings is 1. The predicted octanol–water partition coefficient (Wildman–Crippen LogP) is 1.87. The van der Waals surface area contributed by atoms with E-state index in [-0.39, 0.29) is 17.7 Å². The molecule has 4 nitrogen and oxygen atoms in total. The second-order valence-corrected chi connectivity index (χ2v) is 3.88. The van der Waals surface area contributed by atoms with Crippen LogP contribution in [0, 0.1) is 3.70 Å². The molecule has 1 aromatic heterocycles. The van der Waals surface area contributed by atoms with Gasteiger partial charge in [-0.15, -0.1) is 0 Å². The predicted molar refractivity (Wildman–Crippen MR) is 61.1 cm³/mol. The van der Waals surface area contributed by atoms with Crippen molar-refractivity contribution in [1.29, 1.82) is 0 Å². The Bertz CT molecular complexity index is 413. The zero-order chi connectivity index (χ0) is 12.3. The van der Waals surface area contributed by atoms with Crippen LogP contribution in [0.3, 0.4) is 0 Å². The van der Waals surface area contributed by atoms with E-state index in [1.165, 1.54) is 0 Å². The van der Waals surface area contributed by atoms with Gasteiger partial charge in [0.05, 0.1) is 18.2 Å². The highest BCUT2D eigenvalue weighted by molar-refractivity contribution is 14.1. The standard InChI is InChI=1S/C9H9F2IN2O2/c1-16-9(15)6-4(2-13)8(12)14-3-5(6)7(10)11/h3,7H,2,13H2,1H3. The third-order valence-corrected chi connectivity index (χ3v) is 2.91. The average Bonchev–Trinajstić information content (AvgIpc) is 2.27. The van der Waals surface area contributed by atoms with E-state index in [1.54, 1.807) is 0 Å². The highest BCUT2D eigenvalue weighted by Crippen LogP contribution is 2.27. The molecule has 7 heteroatoms. The van der Waals surface area contributed by atoms with Crippen LogP contribution < -0.4 is 5.73 Å². The fraction of sp³-hybridized carbons (Fsp3) is 0.333. The van der Waals surface area contributed by atoms with Crippen LogP contribution in [0.5, 0.6) is 0 Å². The zero-order valence-corrected chi connectivity index (χ0v) is 10.5. The lowest BCUT2D eigenvalue weighted by Crippen LogP contribution is -2.15. The maximum atomic E-state index is 12.7. The van der Waals surface area contributed by atoms with E-state index < -0.39 is 18.0 Å². The van der Waals surface area contributed by atoms with Crippen molar-refractivity contribution in [2.24, 2.45) is 5.73 Å². The number of alkyl halides is 2. The molecule has 0 aliphatic rings. The molecule has 0 radical (unpaired) electrons. The van der Waals surface area contributed by atoms with Gasteiger partial charge in [0.25, 0.3) is 6.43 Å². The van der Waals surface area contributed by atoms with E-state index in [2.05, 4.69) is 9.72 Å². The summed E-state index contributed by atoms with van der Waals surface area (Å²) in [6.07, 6.45) is -1.82. The molecule has 0 aliphatic heterocycles. The summed E-state index contributed by atoms with van der Waals surface area (Å²) >= 11 is 1.83. The molecule has 0 aliphatic carbocycles. The Morgan fingerprint density at radius 1 is 1.69 bits per heavy atom. The first-order valence-electron chi connectivity index (χ1n) is 4.26. The Balaban J connectivity index is 3.47. The number of nitrogens with zero attached hydrogens (tertiary/aromatic N) is 1. The first-order valence-corrected chi connectivity index (χ1v) is 5.34. The smallest absolute Gasteiger partial charge is 0.338 e.